The van der Waals surface area contributed by atoms with Crippen LogP contribution in [0.4, 0.5) is 10.3 Å². The first kappa shape index (κ1) is 13.3. The van der Waals surface area contributed by atoms with Gasteiger partial charge in [-0.25, -0.2) is 14.4 Å². The largest absolute Gasteiger partial charge is 0.371 e. The van der Waals surface area contributed by atoms with Gasteiger partial charge in [-0.15, -0.1) is 0 Å². The summed E-state index contributed by atoms with van der Waals surface area (Å²) in [5.41, 5.74) is 1.05. The third-order valence-electron chi connectivity index (χ3n) is 3.23. The van der Waals surface area contributed by atoms with E-state index in [2.05, 4.69) is 15.3 Å². The summed E-state index contributed by atoms with van der Waals surface area (Å²) in [5, 5.41) is 3.88. The highest BCUT2D eigenvalue weighted by molar-refractivity contribution is 6.30. The van der Waals surface area contributed by atoms with Crippen LogP contribution in [0.25, 0.3) is 0 Å². The molecule has 0 radical (unpaired) electrons. The summed E-state index contributed by atoms with van der Waals surface area (Å²) in [6.45, 7) is 0.659. The van der Waals surface area contributed by atoms with Gasteiger partial charge in [-0.05, 0) is 24.1 Å². The zero-order valence-electron chi connectivity index (χ0n) is 10.6. The molecule has 6 heteroatoms. The number of hydrogen-bond acceptors (Lipinski definition) is 4. The number of nitrogens with zero attached hydrogens (tertiary/aromatic N) is 2. The van der Waals surface area contributed by atoms with Crippen molar-refractivity contribution in [3.8, 4) is 0 Å². The second-order valence-corrected chi connectivity index (χ2v) is 5.04. The molecular weight excluding hydrogens is 281 g/mol. The molecule has 1 saturated heterocycles. The molecule has 20 heavy (non-hydrogen) atoms. The van der Waals surface area contributed by atoms with Gasteiger partial charge in [0, 0.05) is 11.6 Å². The van der Waals surface area contributed by atoms with Gasteiger partial charge in [0.1, 0.15) is 6.10 Å². The Morgan fingerprint density at radius 3 is 2.60 bits per heavy atom. The lowest BCUT2D eigenvalue weighted by atomic mass is 10.0. The van der Waals surface area contributed by atoms with Crippen molar-refractivity contribution in [3.63, 3.8) is 0 Å². The van der Waals surface area contributed by atoms with Gasteiger partial charge in [0.05, 0.1) is 18.4 Å². The smallest absolute Gasteiger partial charge is 0.223 e. The van der Waals surface area contributed by atoms with Gasteiger partial charge < -0.3 is 10.1 Å². The van der Waals surface area contributed by atoms with Gasteiger partial charge >= 0.3 is 0 Å². The Bertz CT molecular complexity index is 576. The van der Waals surface area contributed by atoms with E-state index < -0.39 is 5.82 Å². The van der Waals surface area contributed by atoms with Gasteiger partial charge in [0.2, 0.25) is 5.95 Å². The summed E-state index contributed by atoms with van der Waals surface area (Å²) in [6.07, 6.45) is 3.04. The number of hydrogen-bond donors (Lipinski definition) is 1. The van der Waals surface area contributed by atoms with Crippen LogP contribution in [0, 0.1) is 5.82 Å². The molecule has 0 aliphatic carbocycles. The Hall–Kier alpha value is -1.72. The zero-order valence-corrected chi connectivity index (χ0v) is 11.3. The lowest BCUT2D eigenvalue weighted by Crippen LogP contribution is -2.24. The van der Waals surface area contributed by atoms with Crippen molar-refractivity contribution < 1.29 is 9.13 Å². The minimum atomic E-state index is -0.451. The maximum Gasteiger partial charge on any atom is 0.223 e. The van der Waals surface area contributed by atoms with E-state index in [1.807, 2.05) is 24.3 Å². The van der Waals surface area contributed by atoms with Crippen molar-refractivity contribution >= 4 is 17.5 Å². The number of rotatable bonds is 3. The summed E-state index contributed by atoms with van der Waals surface area (Å²) in [4.78, 5) is 7.82. The molecule has 4 nitrogen and oxygen atoms in total. The van der Waals surface area contributed by atoms with Gasteiger partial charge in [0.25, 0.3) is 0 Å². The summed E-state index contributed by atoms with van der Waals surface area (Å²) >= 11 is 5.89. The summed E-state index contributed by atoms with van der Waals surface area (Å²) in [6, 6.07) is 7.62. The highest BCUT2D eigenvalue weighted by Gasteiger charge is 2.30. The van der Waals surface area contributed by atoms with Crippen LogP contribution in [0.5, 0.6) is 0 Å². The number of halogens is 2. The maximum absolute atomic E-state index is 12.8. The van der Waals surface area contributed by atoms with Crippen molar-refractivity contribution in [2.45, 2.75) is 18.6 Å². The van der Waals surface area contributed by atoms with Crippen LogP contribution in [0.15, 0.2) is 36.7 Å². The van der Waals surface area contributed by atoms with E-state index in [-0.39, 0.29) is 12.1 Å². The molecule has 104 valence electrons. The zero-order chi connectivity index (χ0) is 13.9. The van der Waals surface area contributed by atoms with Crippen molar-refractivity contribution in [1.29, 1.82) is 0 Å². The molecule has 1 aromatic heterocycles. The third kappa shape index (κ3) is 2.89. The normalized spacial score (nSPS) is 21.9. The van der Waals surface area contributed by atoms with Crippen LogP contribution in [0.1, 0.15) is 18.1 Å². The molecule has 1 aliphatic rings. The Kier molecular flexibility index (Phi) is 3.80. The molecular formula is C14H13ClFN3O. The number of nitrogens with one attached hydrogen (secondary N) is 1. The Morgan fingerprint density at radius 1 is 1.20 bits per heavy atom. The molecule has 2 aromatic rings. The van der Waals surface area contributed by atoms with E-state index in [9.17, 15) is 4.39 Å². The van der Waals surface area contributed by atoms with E-state index in [1.165, 1.54) is 0 Å². The SMILES string of the molecule is Fc1cnc(NC2CCOC2c2ccc(Cl)cc2)nc1. The molecule has 0 bridgehead atoms. The van der Waals surface area contributed by atoms with Crippen molar-refractivity contribution in [2.24, 2.45) is 0 Å². The van der Waals surface area contributed by atoms with Crippen LogP contribution in [-0.4, -0.2) is 22.6 Å². The second kappa shape index (κ2) is 5.73. The minimum Gasteiger partial charge on any atom is -0.371 e. The molecule has 0 amide bonds. The fourth-order valence-electron chi connectivity index (χ4n) is 2.27. The van der Waals surface area contributed by atoms with Gasteiger partial charge in [-0.2, -0.15) is 0 Å². The average molecular weight is 294 g/mol. The Morgan fingerprint density at radius 2 is 1.90 bits per heavy atom. The summed E-state index contributed by atoms with van der Waals surface area (Å²) < 4.78 is 18.5. The van der Waals surface area contributed by atoms with E-state index in [0.717, 1.165) is 24.4 Å². The number of anilines is 1. The monoisotopic (exact) mass is 293 g/mol. The Labute approximate surface area is 121 Å². The standard InChI is InChI=1S/C14H13ClFN3O/c15-10-3-1-9(2-4-10)13-12(5-6-20-13)19-14-17-7-11(16)8-18-14/h1-4,7-8,12-13H,5-6H2,(H,17,18,19). The first-order valence-electron chi connectivity index (χ1n) is 6.33. The van der Waals surface area contributed by atoms with Crippen LogP contribution >= 0.6 is 11.6 Å². The lowest BCUT2D eigenvalue weighted by Gasteiger charge is -2.20. The molecule has 2 unspecified atom stereocenters. The van der Waals surface area contributed by atoms with Crippen LogP contribution in [0.2, 0.25) is 5.02 Å². The third-order valence-corrected chi connectivity index (χ3v) is 3.48. The molecule has 3 rings (SSSR count). The Balaban J connectivity index is 1.75. The number of aromatic nitrogens is 2. The summed E-state index contributed by atoms with van der Waals surface area (Å²) in [5.74, 6) is -0.0478. The molecule has 1 N–H and O–H groups in total. The van der Waals surface area contributed by atoms with Crippen LogP contribution in [-0.2, 0) is 4.74 Å². The predicted molar refractivity (Wildman–Crippen MR) is 74.2 cm³/mol. The van der Waals surface area contributed by atoms with Gasteiger partial charge in [-0.1, -0.05) is 23.7 Å². The molecule has 2 heterocycles. The number of benzene rings is 1. The fourth-order valence-corrected chi connectivity index (χ4v) is 2.40. The van der Waals surface area contributed by atoms with E-state index in [4.69, 9.17) is 16.3 Å². The van der Waals surface area contributed by atoms with E-state index >= 15 is 0 Å². The first-order chi connectivity index (χ1) is 9.72. The molecule has 1 aromatic carbocycles. The minimum absolute atomic E-state index is 0.0571. The van der Waals surface area contributed by atoms with Crippen molar-refractivity contribution in [3.05, 3.63) is 53.1 Å². The first-order valence-corrected chi connectivity index (χ1v) is 6.71. The second-order valence-electron chi connectivity index (χ2n) is 4.61. The van der Waals surface area contributed by atoms with Crippen LogP contribution < -0.4 is 5.32 Å². The fraction of sp³-hybridized carbons (Fsp3) is 0.286. The quantitative estimate of drug-likeness (QED) is 0.944. The average Bonchev–Trinajstić information content (AvgIpc) is 2.90. The topological polar surface area (TPSA) is 47.0 Å². The highest BCUT2D eigenvalue weighted by Crippen LogP contribution is 2.31. The number of ether oxygens (including phenoxy) is 1. The van der Waals surface area contributed by atoms with E-state index in [1.54, 1.807) is 0 Å². The molecule has 0 spiro atoms. The predicted octanol–water partition coefficient (Wildman–Crippen LogP) is 3.21. The van der Waals surface area contributed by atoms with Crippen molar-refractivity contribution in [2.75, 3.05) is 11.9 Å². The van der Waals surface area contributed by atoms with Crippen LogP contribution in [0.3, 0.4) is 0 Å². The molecule has 2 atom stereocenters. The van der Waals surface area contributed by atoms with Gasteiger partial charge in [0.15, 0.2) is 5.82 Å². The molecule has 1 fully saturated rings. The highest BCUT2D eigenvalue weighted by atomic mass is 35.5. The van der Waals surface area contributed by atoms with Gasteiger partial charge in [-0.3, -0.25) is 0 Å². The maximum atomic E-state index is 12.8. The molecule has 0 saturated carbocycles. The lowest BCUT2D eigenvalue weighted by molar-refractivity contribution is 0.107. The molecule has 1 aliphatic heterocycles. The van der Waals surface area contributed by atoms with E-state index in [0.29, 0.717) is 17.6 Å². The van der Waals surface area contributed by atoms with Crippen molar-refractivity contribution in [1.82, 2.24) is 9.97 Å². The summed E-state index contributed by atoms with van der Waals surface area (Å²) in [7, 11) is 0.